The Morgan fingerprint density at radius 2 is 2.36 bits per heavy atom. The Kier molecular flexibility index (Phi) is 3.10. The Morgan fingerprint density at radius 3 is 3.00 bits per heavy atom. The molecular formula is C11H22N2O. The summed E-state index contributed by atoms with van der Waals surface area (Å²) in [6.07, 6.45) is 3.92. The molecule has 82 valence electrons. The van der Waals surface area contributed by atoms with Crippen molar-refractivity contribution < 1.29 is 4.74 Å². The van der Waals surface area contributed by atoms with E-state index < -0.39 is 0 Å². The molecule has 0 aromatic carbocycles. The van der Waals surface area contributed by atoms with Crippen molar-refractivity contribution in [3.8, 4) is 0 Å². The normalized spacial score (nSPS) is 35.6. The van der Waals surface area contributed by atoms with E-state index in [1.165, 1.54) is 32.4 Å². The van der Waals surface area contributed by atoms with Gasteiger partial charge in [0.1, 0.15) is 0 Å². The molecule has 2 rings (SSSR count). The highest BCUT2D eigenvalue weighted by Gasteiger charge is 2.43. The van der Waals surface area contributed by atoms with Crippen molar-refractivity contribution in [1.29, 1.82) is 0 Å². The zero-order valence-corrected chi connectivity index (χ0v) is 9.38. The van der Waals surface area contributed by atoms with Crippen LogP contribution in [0.2, 0.25) is 0 Å². The van der Waals surface area contributed by atoms with Crippen LogP contribution in [0.3, 0.4) is 0 Å². The van der Waals surface area contributed by atoms with Gasteiger partial charge in [-0.1, -0.05) is 0 Å². The molecule has 0 bridgehead atoms. The Balaban J connectivity index is 1.96. The first-order valence-corrected chi connectivity index (χ1v) is 5.77. The summed E-state index contributed by atoms with van der Waals surface area (Å²) in [5, 5.41) is 3.32. The zero-order valence-electron chi connectivity index (χ0n) is 9.38. The molecule has 0 aromatic rings. The summed E-state index contributed by atoms with van der Waals surface area (Å²) in [5.74, 6) is 0. The van der Waals surface area contributed by atoms with Gasteiger partial charge in [-0.05, 0) is 39.8 Å². The summed E-state index contributed by atoms with van der Waals surface area (Å²) in [6.45, 7) is 6.60. The summed E-state index contributed by atoms with van der Waals surface area (Å²) in [7, 11) is 2.04. The molecule has 2 fully saturated rings. The minimum atomic E-state index is 0.408. The van der Waals surface area contributed by atoms with Gasteiger partial charge in [-0.3, -0.25) is 4.90 Å². The largest absolute Gasteiger partial charge is 0.379 e. The molecule has 0 aromatic heterocycles. The molecule has 2 unspecified atom stereocenters. The summed E-state index contributed by atoms with van der Waals surface area (Å²) < 4.78 is 5.57. The van der Waals surface area contributed by atoms with E-state index in [2.05, 4.69) is 17.1 Å². The molecule has 2 aliphatic heterocycles. The third-order valence-electron chi connectivity index (χ3n) is 3.81. The van der Waals surface area contributed by atoms with Gasteiger partial charge in [-0.15, -0.1) is 0 Å². The van der Waals surface area contributed by atoms with E-state index in [-0.39, 0.29) is 0 Å². The van der Waals surface area contributed by atoms with Gasteiger partial charge in [0, 0.05) is 24.7 Å². The molecule has 3 heteroatoms. The second-order valence-electron chi connectivity index (χ2n) is 4.77. The van der Waals surface area contributed by atoms with Crippen molar-refractivity contribution >= 4 is 0 Å². The standard InChI is InChI=1S/C11H22N2O/c1-10(12-2)8-13-6-3-4-11(13)5-7-14-9-11/h10,12H,3-9H2,1-2H3. The maximum atomic E-state index is 5.57. The second kappa shape index (κ2) is 4.17. The van der Waals surface area contributed by atoms with E-state index in [0.29, 0.717) is 11.6 Å². The number of nitrogens with zero attached hydrogens (tertiary/aromatic N) is 1. The van der Waals surface area contributed by atoms with Crippen molar-refractivity contribution in [2.24, 2.45) is 0 Å². The Bertz CT molecular complexity index is 184. The van der Waals surface area contributed by atoms with Gasteiger partial charge >= 0.3 is 0 Å². The molecule has 0 amide bonds. The first kappa shape index (κ1) is 10.4. The van der Waals surface area contributed by atoms with Crippen LogP contribution in [0.4, 0.5) is 0 Å². The zero-order chi connectivity index (χ0) is 10.0. The first-order chi connectivity index (χ1) is 6.77. The highest BCUT2D eigenvalue weighted by atomic mass is 16.5. The molecule has 14 heavy (non-hydrogen) atoms. The molecule has 0 radical (unpaired) electrons. The second-order valence-corrected chi connectivity index (χ2v) is 4.77. The molecule has 0 saturated carbocycles. The van der Waals surface area contributed by atoms with Crippen molar-refractivity contribution in [2.75, 3.05) is 33.4 Å². The smallest absolute Gasteiger partial charge is 0.0651 e. The van der Waals surface area contributed by atoms with Gasteiger partial charge in [0.15, 0.2) is 0 Å². The van der Waals surface area contributed by atoms with Crippen LogP contribution in [-0.4, -0.2) is 49.8 Å². The Hall–Kier alpha value is -0.120. The fraction of sp³-hybridized carbons (Fsp3) is 1.00. The molecule has 1 N–H and O–H groups in total. The highest BCUT2D eigenvalue weighted by Crippen LogP contribution is 2.36. The van der Waals surface area contributed by atoms with Gasteiger partial charge in [0.05, 0.1) is 6.61 Å². The molecule has 2 aliphatic rings. The predicted octanol–water partition coefficient (Wildman–Crippen LogP) is 0.849. The van der Waals surface area contributed by atoms with E-state index in [1.54, 1.807) is 0 Å². The Labute approximate surface area is 86.8 Å². The molecule has 0 aliphatic carbocycles. The average molecular weight is 198 g/mol. The van der Waals surface area contributed by atoms with Gasteiger partial charge in [0.2, 0.25) is 0 Å². The van der Waals surface area contributed by atoms with Crippen LogP contribution in [0.1, 0.15) is 26.2 Å². The minimum Gasteiger partial charge on any atom is -0.379 e. The van der Waals surface area contributed by atoms with Gasteiger partial charge in [0.25, 0.3) is 0 Å². The SMILES string of the molecule is CNC(C)CN1CCCC12CCOC2. The fourth-order valence-electron chi connectivity index (χ4n) is 2.74. The van der Waals surface area contributed by atoms with Crippen molar-refractivity contribution in [3.63, 3.8) is 0 Å². The van der Waals surface area contributed by atoms with Crippen LogP contribution < -0.4 is 5.32 Å². The topological polar surface area (TPSA) is 24.5 Å². The lowest BCUT2D eigenvalue weighted by Gasteiger charge is -2.35. The number of likely N-dealkylation sites (tertiary alicyclic amines) is 1. The van der Waals surface area contributed by atoms with Crippen LogP contribution >= 0.6 is 0 Å². The quantitative estimate of drug-likeness (QED) is 0.727. The maximum Gasteiger partial charge on any atom is 0.0651 e. The molecular weight excluding hydrogens is 176 g/mol. The molecule has 2 saturated heterocycles. The Morgan fingerprint density at radius 1 is 1.50 bits per heavy atom. The monoisotopic (exact) mass is 198 g/mol. The lowest BCUT2D eigenvalue weighted by atomic mass is 9.95. The molecule has 2 heterocycles. The van der Waals surface area contributed by atoms with Crippen molar-refractivity contribution in [2.45, 2.75) is 37.8 Å². The third-order valence-corrected chi connectivity index (χ3v) is 3.81. The number of hydrogen-bond donors (Lipinski definition) is 1. The molecule has 2 atom stereocenters. The lowest BCUT2D eigenvalue weighted by molar-refractivity contribution is 0.0954. The summed E-state index contributed by atoms with van der Waals surface area (Å²) in [6, 6.07) is 0.588. The van der Waals surface area contributed by atoms with E-state index in [1.807, 2.05) is 7.05 Å². The number of ether oxygens (including phenoxy) is 1. The minimum absolute atomic E-state index is 0.408. The van der Waals surface area contributed by atoms with E-state index in [4.69, 9.17) is 4.74 Å². The lowest BCUT2D eigenvalue weighted by Crippen LogP contribution is -2.49. The maximum absolute atomic E-state index is 5.57. The van der Waals surface area contributed by atoms with E-state index >= 15 is 0 Å². The fourth-order valence-corrected chi connectivity index (χ4v) is 2.74. The summed E-state index contributed by atoms with van der Waals surface area (Å²) >= 11 is 0. The van der Waals surface area contributed by atoms with Crippen molar-refractivity contribution in [3.05, 3.63) is 0 Å². The van der Waals surface area contributed by atoms with Crippen LogP contribution in [0.15, 0.2) is 0 Å². The summed E-state index contributed by atoms with van der Waals surface area (Å²) in [4.78, 5) is 2.64. The molecule has 1 spiro atoms. The van der Waals surface area contributed by atoms with Gasteiger partial charge in [-0.2, -0.15) is 0 Å². The average Bonchev–Trinajstić information content (AvgIpc) is 2.79. The highest BCUT2D eigenvalue weighted by molar-refractivity contribution is 4.99. The first-order valence-electron chi connectivity index (χ1n) is 5.77. The van der Waals surface area contributed by atoms with E-state index in [0.717, 1.165) is 13.2 Å². The summed E-state index contributed by atoms with van der Waals surface area (Å²) in [5.41, 5.74) is 0.408. The van der Waals surface area contributed by atoms with Crippen LogP contribution in [0.25, 0.3) is 0 Å². The number of hydrogen-bond acceptors (Lipinski definition) is 3. The van der Waals surface area contributed by atoms with Crippen LogP contribution in [-0.2, 0) is 4.74 Å². The van der Waals surface area contributed by atoms with Gasteiger partial charge in [-0.25, -0.2) is 0 Å². The van der Waals surface area contributed by atoms with Crippen molar-refractivity contribution in [1.82, 2.24) is 10.2 Å². The molecule has 3 nitrogen and oxygen atoms in total. The number of nitrogens with one attached hydrogen (secondary N) is 1. The third kappa shape index (κ3) is 1.81. The number of likely N-dealkylation sites (N-methyl/N-ethyl adjacent to an activating group) is 1. The van der Waals surface area contributed by atoms with Crippen LogP contribution in [0, 0.1) is 0 Å². The van der Waals surface area contributed by atoms with E-state index in [9.17, 15) is 0 Å². The van der Waals surface area contributed by atoms with Crippen LogP contribution in [0.5, 0.6) is 0 Å². The number of rotatable bonds is 3. The van der Waals surface area contributed by atoms with Gasteiger partial charge < -0.3 is 10.1 Å². The predicted molar refractivity (Wildman–Crippen MR) is 57.5 cm³/mol.